The van der Waals surface area contributed by atoms with E-state index in [1.807, 2.05) is 0 Å². The van der Waals surface area contributed by atoms with Crippen molar-refractivity contribution in [2.24, 2.45) is 5.73 Å². The van der Waals surface area contributed by atoms with Gasteiger partial charge in [0.05, 0.1) is 0 Å². The minimum absolute atomic E-state index is 0.131. The quantitative estimate of drug-likeness (QED) is 0.657. The van der Waals surface area contributed by atoms with E-state index in [4.69, 9.17) is 10.5 Å². The number of ether oxygens (including phenoxy) is 1. The molecule has 0 aliphatic rings. The molecule has 5 heteroatoms. The molecular weight excluding hydrogens is 196 g/mol. The molecule has 0 saturated carbocycles. The number of nitrogens with one attached hydrogen (secondary N) is 1. The Bertz CT molecular complexity index is 233. The zero-order valence-electron chi connectivity index (χ0n) is 9.79. The summed E-state index contributed by atoms with van der Waals surface area (Å²) >= 11 is 0. The Morgan fingerprint density at radius 1 is 1.40 bits per heavy atom. The fourth-order valence-electron chi connectivity index (χ4n) is 0.907. The first kappa shape index (κ1) is 13.9. The van der Waals surface area contributed by atoms with Crippen LogP contribution in [0.15, 0.2) is 0 Å². The summed E-state index contributed by atoms with van der Waals surface area (Å²) in [5.41, 5.74) is 5.03. The lowest BCUT2D eigenvalue weighted by atomic mass is 10.1. The molecule has 5 nitrogen and oxygen atoms in total. The molecule has 0 aromatic carbocycles. The van der Waals surface area contributed by atoms with E-state index in [2.05, 4.69) is 5.32 Å². The van der Waals surface area contributed by atoms with Gasteiger partial charge < -0.3 is 15.8 Å². The molecular formula is C10H20N2O3. The summed E-state index contributed by atoms with van der Waals surface area (Å²) in [6.07, 6.45) is 0.533. The highest BCUT2D eigenvalue weighted by atomic mass is 16.6. The van der Waals surface area contributed by atoms with Crippen LogP contribution >= 0.6 is 0 Å². The first-order valence-corrected chi connectivity index (χ1v) is 4.95. The first-order valence-electron chi connectivity index (χ1n) is 4.95. The molecule has 0 saturated heterocycles. The molecule has 0 bridgehead atoms. The van der Waals surface area contributed by atoms with Gasteiger partial charge in [0.1, 0.15) is 11.6 Å². The monoisotopic (exact) mass is 216 g/mol. The van der Waals surface area contributed by atoms with Gasteiger partial charge in [-0.15, -0.1) is 0 Å². The predicted octanol–water partition coefficient (Wildman–Crippen LogP) is 0.182. The van der Waals surface area contributed by atoms with Crippen molar-refractivity contribution < 1.29 is 14.3 Å². The van der Waals surface area contributed by atoms with Gasteiger partial charge in [-0.25, -0.2) is 0 Å². The minimum Gasteiger partial charge on any atom is -0.459 e. The highest BCUT2D eigenvalue weighted by Crippen LogP contribution is 2.09. The standard InChI is InChI=1S/C10H20N2O3/c1-10(2,3)15-9(14)7(11)5-6-8(13)12-4/h7H,5-6,11H2,1-4H3,(H,12,13). The minimum atomic E-state index is -0.735. The highest BCUT2D eigenvalue weighted by Gasteiger charge is 2.22. The third-order valence-electron chi connectivity index (χ3n) is 1.67. The van der Waals surface area contributed by atoms with Gasteiger partial charge in [-0.3, -0.25) is 9.59 Å². The van der Waals surface area contributed by atoms with Crippen molar-refractivity contribution in [1.29, 1.82) is 0 Å². The maximum atomic E-state index is 11.4. The van der Waals surface area contributed by atoms with Crippen molar-refractivity contribution in [2.45, 2.75) is 45.3 Å². The number of amides is 1. The van der Waals surface area contributed by atoms with Gasteiger partial charge in [0.2, 0.25) is 5.91 Å². The maximum Gasteiger partial charge on any atom is 0.323 e. The molecule has 0 rings (SSSR count). The van der Waals surface area contributed by atoms with E-state index < -0.39 is 17.6 Å². The van der Waals surface area contributed by atoms with Gasteiger partial charge in [0, 0.05) is 13.5 Å². The molecule has 1 unspecified atom stereocenters. The van der Waals surface area contributed by atoms with Crippen LogP contribution in [-0.2, 0) is 14.3 Å². The van der Waals surface area contributed by atoms with Crippen molar-refractivity contribution in [3.63, 3.8) is 0 Å². The maximum absolute atomic E-state index is 11.4. The highest BCUT2D eigenvalue weighted by molar-refractivity contribution is 5.79. The lowest BCUT2D eigenvalue weighted by Gasteiger charge is -2.21. The lowest BCUT2D eigenvalue weighted by Crippen LogP contribution is -2.38. The fourth-order valence-corrected chi connectivity index (χ4v) is 0.907. The number of carbonyl (C=O) groups excluding carboxylic acids is 2. The van der Waals surface area contributed by atoms with Crippen molar-refractivity contribution in [3.8, 4) is 0 Å². The van der Waals surface area contributed by atoms with Gasteiger partial charge >= 0.3 is 5.97 Å². The van der Waals surface area contributed by atoms with Crippen LogP contribution in [-0.4, -0.2) is 30.6 Å². The molecule has 0 radical (unpaired) electrons. The summed E-state index contributed by atoms with van der Waals surface area (Å²) in [6.45, 7) is 5.32. The SMILES string of the molecule is CNC(=O)CCC(N)C(=O)OC(C)(C)C. The zero-order chi connectivity index (χ0) is 12.1. The molecule has 0 aliphatic heterocycles. The molecule has 0 fully saturated rings. The molecule has 3 N–H and O–H groups in total. The Labute approximate surface area is 90.4 Å². The Kier molecular flexibility index (Phi) is 5.28. The van der Waals surface area contributed by atoms with Crippen molar-refractivity contribution in [3.05, 3.63) is 0 Å². The average molecular weight is 216 g/mol. The number of nitrogens with two attached hydrogens (primary N) is 1. The topological polar surface area (TPSA) is 81.4 Å². The van der Waals surface area contributed by atoms with Gasteiger partial charge in [-0.2, -0.15) is 0 Å². The Morgan fingerprint density at radius 2 is 1.93 bits per heavy atom. The van der Waals surface area contributed by atoms with E-state index in [1.165, 1.54) is 0 Å². The molecule has 0 spiro atoms. The first-order chi connectivity index (χ1) is 6.76. The molecule has 0 aromatic heterocycles. The Balaban J connectivity index is 3.95. The molecule has 1 atom stereocenters. The third-order valence-corrected chi connectivity index (χ3v) is 1.67. The zero-order valence-corrected chi connectivity index (χ0v) is 9.79. The Morgan fingerprint density at radius 3 is 2.33 bits per heavy atom. The number of carbonyl (C=O) groups is 2. The Hall–Kier alpha value is -1.10. The van der Waals surface area contributed by atoms with E-state index in [0.29, 0.717) is 6.42 Å². The summed E-state index contributed by atoms with van der Waals surface area (Å²) in [5, 5.41) is 2.46. The van der Waals surface area contributed by atoms with Crippen molar-refractivity contribution >= 4 is 11.9 Å². The second-order valence-corrected chi connectivity index (χ2v) is 4.35. The van der Waals surface area contributed by atoms with Crippen molar-refractivity contribution in [2.75, 3.05) is 7.05 Å². The largest absolute Gasteiger partial charge is 0.459 e. The second-order valence-electron chi connectivity index (χ2n) is 4.35. The second kappa shape index (κ2) is 5.70. The van der Waals surface area contributed by atoms with E-state index in [0.717, 1.165) is 0 Å². The summed E-state index contributed by atoms with van der Waals surface area (Å²) in [4.78, 5) is 22.3. The van der Waals surface area contributed by atoms with Crippen LogP contribution in [0, 0.1) is 0 Å². The van der Waals surface area contributed by atoms with Crippen LogP contribution in [0.3, 0.4) is 0 Å². The van der Waals surface area contributed by atoms with Gasteiger partial charge in [0.25, 0.3) is 0 Å². The number of rotatable bonds is 4. The molecule has 15 heavy (non-hydrogen) atoms. The van der Waals surface area contributed by atoms with E-state index in [9.17, 15) is 9.59 Å². The van der Waals surface area contributed by atoms with Gasteiger partial charge in [-0.1, -0.05) is 0 Å². The van der Waals surface area contributed by atoms with Crippen molar-refractivity contribution in [1.82, 2.24) is 5.32 Å². The van der Waals surface area contributed by atoms with Gasteiger partial charge in [0.15, 0.2) is 0 Å². The van der Waals surface area contributed by atoms with Crippen LogP contribution in [0.25, 0.3) is 0 Å². The molecule has 0 aliphatic carbocycles. The van der Waals surface area contributed by atoms with Crippen LogP contribution < -0.4 is 11.1 Å². The van der Waals surface area contributed by atoms with E-state index in [1.54, 1.807) is 27.8 Å². The van der Waals surface area contributed by atoms with Crippen LogP contribution in [0.2, 0.25) is 0 Å². The number of esters is 1. The number of hydrogen-bond acceptors (Lipinski definition) is 4. The normalized spacial score (nSPS) is 13.1. The molecule has 88 valence electrons. The predicted molar refractivity (Wildman–Crippen MR) is 57.1 cm³/mol. The smallest absolute Gasteiger partial charge is 0.323 e. The van der Waals surface area contributed by atoms with Crippen LogP contribution in [0.5, 0.6) is 0 Å². The summed E-state index contributed by atoms with van der Waals surface area (Å²) in [6, 6.07) is -0.735. The lowest BCUT2D eigenvalue weighted by molar-refractivity contribution is -0.156. The van der Waals surface area contributed by atoms with E-state index >= 15 is 0 Å². The third kappa shape index (κ3) is 6.90. The molecule has 1 amide bonds. The average Bonchev–Trinajstić information content (AvgIpc) is 2.10. The fraction of sp³-hybridized carbons (Fsp3) is 0.800. The number of hydrogen-bond donors (Lipinski definition) is 2. The van der Waals surface area contributed by atoms with Gasteiger partial charge in [-0.05, 0) is 27.2 Å². The summed E-state index contributed by atoms with van der Waals surface area (Å²) in [7, 11) is 1.54. The van der Waals surface area contributed by atoms with E-state index in [-0.39, 0.29) is 12.3 Å². The molecule has 0 aromatic rings. The summed E-state index contributed by atoms with van der Waals surface area (Å²) in [5.74, 6) is -0.597. The summed E-state index contributed by atoms with van der Waals surface area (Å²) < 4.78 is 5.07. The molecule has 0 heterocycles. The van der Waals surface area contributed by atoms with Crippen LogP contribution in [0.1, 0.15) is 33.6 Å². The van der Waals surface area contributed by atoms with Crippen LogP contribution in [0.4, 0.5) is 0 Å².